The molecule has 0 aromatic rings. The summed E-state index contributed by atoms with van der Waals surface area (Å²) >= 11 is 0. The highest BCUT2D eigenvalue weighted by Crippen LogP contribution is 2.17. The van der Waals surface area contributed by atoms with E-state index in [-0.39, 0.29) is 6.61 Å². The van der Waals surface area contributed by atoms with E-state index in [2.05, 4.69) is 19.2 Å². The lowest BCUT2D eigenvalue weighted by atomic mass is 10.0. The van der Waals surface area contributed by atoms with Gasteiger partial charge in [0.15, 0.2) is 0 Å². The summed E-state index contributed by atoms with van der Waals surface area (Å²) in [5.41, 5.74) is 0. The van der Waals surface area contributed by atoms with E-state index in [1.807, 2.05) is 0 Å². The second-order valence-corrected chi connectivity index (χ2v) is 16.3. The normalized spacial score (nSPS) is 13.4. The third-order valence-corrected chi connectivity index (χ3v) is 11.2. The molecule has 3 unspecified atom stereocenters. The Kier molecular flexibility index (Phi) is 41.6. The van der Waals surface area contributed by atoms with Crippen molar-refractivity contribution in [2.75, 3.05) is 6.61 Å². The van der Waals surface area contributed by atoms with E-state index in [1.54, 1.807) is 0 Å². The van der Waals surface area contributed by atoms with Crippen molar-refractivity contribution in [2.45, 2.75) is 283 Å². The first-order chi connectivity index (χ1) is 25.1. The molecule has 4 N–H and O–H groups in total. The number of carbonyl (C=O) groups is 1. The molecule has 51 heavy (non-hydrogen) atoms. The molecule has 0 saturated heterocycles. The molecule has 0 aliphatic carbocycles. The van der Waals surface area contributed by atoms with Crippen LogP contribution in [0, 0.1) is 0 Å². The zero-order valence-electron chi connectivity index (χ0n) is 34.8. The van der Waals surface area contributed by atoms with Crippen molar-refractivity contribution in [3.05, 3.63) is 0 Å². The van der Waals surface area contributed by atoms with Crippen molar-refractivity contribution in [2.24, 2.45) is 0 Å². The molecule has 0 aromatic heterocycles. The molecule has 0 radical (unpaired) electrons. The van der Waals surface area contributed by atoms with Crippen LogP contribution in [0.1, 0.15) is 264 Å². The van der Waals surface area contributed by atoms with Gasteiger partial charge in [0.1, 0.15) is 6.10 Å². The largest absolute Gasteiger partial charge is 0.394 e. The lowest BCUT2D eigenvalue weighted by molar-refractivity contribution is -0.131. The van der Waals surface area contributed by atoms with Gasteiger partial charge in [-0.15, -0.1) is 0 Å². The summed E-state index contributed by atoms with van der Waals surface area (Å²) in [7, 11) is 0. The first-order valence-electron chi connectivity index (χ1n) is 23.3. The molecule has 0 aliphatic rings. The SMILES string of the molecule is CCCCCCCCCCCCCCCCCCCCCCCCCCC(O)C(=O)NC(CO)C(O)CCCCCCCCCCCCCCC. The van der Waals surface area contributed by atoms with Crippen molar-refractivity contribution in [1.29, 1.82) is 0 Å². The van der Waals surface area contributed by atoms with Crippen molar-refractivity contribution in [3.8, 4) is 0 Å². The molecule has 3 atom stereocenters. The Balaban J connectivity index is 3.52. The van der Waals surface area contributed by atoms with Gasteiger partial charge in [0.05, 0.1) is 18.8 Å². The van der Waals surface area contributed by atoms with Gasteiger partial charge in [-0.1, -0.05) is 251 Å². The number of rotatable bonds is 43. The molecule has 0 spiro atoms. The average Bonchev–Trinajstić information content (AvgIpc) is 3.13. The lowest BCUT2D eigenvalue weighted by Crippen LogP contribution is -2.49. The van der Waals surface area contributed by atoms with Crippen LogP contribution in [0.4, 0.5) is 0 Å². The van der Waals surface area contributed by atoms with E-state index >= 15 is 0 Å². The van der Waals surface area contributed by atoms with Crippen molar-refractivity contribution >= 4 is 5.91 Å². The van der Waals surface area contributed by atoms with Gasteiger partial charge in [0, 0.05) is 0 Å². The fraction of sp³-hybridized carbons (Fsp3) is 0.978. The van der Waals surface area contributed by atoms with Gasteiger partial charge in [0.25, 0.3) is 0 Å². The minimum absolute atomic E-state index is 0.308. The maximum absolute atomic E-state index is 12.5. The zero-order chi connectivity index (χ0) is 37.3. The van der Waals surface area contributed by atoms with Gasteiger partial charge in [-0.2, -0.15) is 0 Å². The number of aliphatic hydroxyl groups excluding tert-OH is 3. The predicted molar refractivity (Wildman–Crippen MR) is 222 cm³/mol. The molecule has 5 nitrogen and oxygen atoms in total. The first-order valence-corrected chi connectivity index (χ1v) is 23.3. The summed E-state index contributed by atoms with van der Waals surface area (Å²) in [5, 5.41) is 33.3. The van der Waals surface area contributed by atoms with E-state index in [9.17, 15) is 20.1 Å². The highest BCUT2D eigenvalue weighted by atomic mass is 16.3. The molecule has 0 heterocycles. The lowest BCUT2D eigenvalue weighted by Gasteiger charge is -2.23. The topological polar surface area (TPSA) is 89.8 Å². The summed E-state index contributed by atoms with van der Waals surface area (Å²) in [4.78, 5) is 12.5. The number of nitrogens with one attached hydrogen (secondary N) is 1. The van der Waals surface area contributed by atoms with Crippen LogP contribution in [0.3, 0.4) is 0 Å². The standard InChI is InChI=1S/C46H93NO4/c1-3-5-7-9-11-13-15-17-18-19-20-21-22-23-24-25-26-27-29-31-33-35-37-39-41-45(50)46(51)47-43(42-48)44(49)40-38-36-34-32-30-28-16-14-12-10-8-6-4-2/h43-45,48-50H,3-42H2,1-2H3,(H,47,51). The predicted octanol–water partition coefficient (Wildman–Crippen LogP) is 13.4. The molecule has 5 heteroatoms. The Morgan fingerprint density at radius 1 is 0.392 bits per heavy atom. The van der Waals surface area contributed by atoms with Crippen molar-refractivity contribution < 1.29 is 20.1 Å². The molecule has 306 valence electrons. The Bertz CT molecular complexity index is 674. The average molecular weight is 724 g/mol. The van der Waals surface area contributed by atoms with Gasteiger partial charge in [0.2, 0.25) is 5.91 Å². The molecule has 1 amide bonds. The maximum atomic E-state index is 12.5. The maximum Gasteiger partial charge on any atom is 0.249 e. The summed E-state index contributed by atoms with van der Waals surface area (Å²) in [6.45, 7) is 4.25. The summed E-state index contributed by atoms with van der Waals surface area (Å²) < 4.78 is 0. The summed E-state index contributed by atoms with van der Waals surface area (Å²) in [6, 6.07) is -0.705. The smallest absolute Gasteiger partial charge is 0.249 e. The number of carbonyl (C=O) groups excluding carboxylic acids is 1. The van der Waals surface area contributed by atoms with E-state index in [0.717, 1.165) is 32.1 Å². The molecule has 0 aromatic carbocycles. The minimum Gasteiger partial charge on any atom is -0.394 e. The van der Waals surface area contributed by atoms with Crippen LogP contribution in [-0.4, -0.2) is 46.1 Å². The second kappa shape index (κ2) is 42.1. The minimum atomic E-state index is -1.07. The molecule has 0 fully saturated rings. The second-order valence-electron chi connectivity index (χ2n) is 16.3. The molecule has 0 saturated carbocycles. The van der Waals surface area contributed by atoms with Crippen LogP contribution in [0.25, 0.3) is 0 Å². The van der Waals surface area contributed by atoms with Crippen LogP contribution >= 0.6 is 0 Å². The van der Waals surface area contributed by atoms with Gasteiger partial charge in [-0.25, -0.2) is 0 Å². The van der Waals surface area contributed by atoms with E-state index in [1.165, 1.54) is 205 Å². The van der Waals surface area contributed by atoms with Gasteiger partial charge in [-0.3, -0.25) is 4.79 Å². The summed E-state index contributed by atoms with van der Waals surface area (Å²) in [5.74, 6) is -0.465. The quantitative estimate of drug-likeness (QED) is 0.0472. The van der Waals surface area contributed by atoms with Gasteiger partial charge < -0.3 is 20.6 Å². The molecule has 0 aliphatic heterocycles. The van der Waals surface area contributed by atoms with Gasteiger partial charge >= 0.3 is 0 Å². The highest BCUT2D eigenvalue weighted by Gasteiger charge is 2.23. The number of aliphatic hydroxyl groups is 3. The van der Waals surface area contributed by atoms with Crippen LogP contribution < -0.4 is 5.32 Å². The zero-order valence-corrected chi connectivity index (χ0v) is 34.8. The Labute approximate surface area is 319 Å². The fourth-order valence-electron chi connectivity index (χ4n) is 7.55. The Morgan fingerprint density at radius 3 is 0.882 bits per heavy atom. The first kappa shape index (κ1) is 50.4. The van der Waals surface area contributed by atoms with E-state index in [4.69, 9.17) is 0 Å². The van der Waals surface area contributed by atoms with E-state index in [0.29, 0.717) is 12.8 Å². The summed E-state index contributed by atoms with van der Waals surface area (Å²) in [6.07, 6.45) is 48.3. The number of unbranched alkanes of at least 4 members (excludes halogenated alkanes) is 35. The van der Waals surface area contributed by atoms with Crippen LogP contribution in [0.15, 0.2) is 0 Å². The highest BCUT2D eigenvalue weighted by molar-refractivity contribution is 5.80. The fourth-order valence-corrected chi connectivity index (χ4v) is 7.55. The molecular weight excluding hydrogens is 631 g/mol. The van der Waals surface area contributed by atoms with Gasteiger partial charge in [-0.05, 0) is 12.8 Å². The number of hydrogen-bond donors (Lipinski definition) is 4. The number of amides is 1. The Morgan fingerprint density at radius 2 is 0.627 bits per heavy atom. The van der Waals surface area contributed by atoms with Crippen LogP contribution in [-0.2, 0) is 4.79 Å². The van der Waals surface area contributed by atoms with Crippen LogP contribution in [0.2, 0.25) is 0 Å². The molecule has 0 rings (SSSR count). The Hall–Kier alpha value is -0.650. The van der Waals surface area contributed by atoms with E-state index < -0.39 is 24.2 Å². The third kappa shape index (κ3) is 37.5. The van der Waals surface area contributed by atoms with Crippen molar-refractivity contribution in [3.63, 3.8) is 0 Å². The molecular formula is C46H93NO4. The number of hydrogen-bond acceptors (Lipinski definition) is 4. The molecule has 0 bridgehead atoms. The van der Waals surface area contributed by atoms with Crippen molar-refractivity contribution in [1.82, 2.24) is 5.32 Å². The monoisotopic (exact) mass is 724 g/mol. The third-order valence-electron chi connectivity index (χ3n) is 11.2. The van der Waals surface area contributed by atoms with Crippen LogP contribution in [0.5, 0.6) is 0 Å².